The number of hydrogen-bond donors (Lipinski definition) is 0. The van der Waals surface area contributed by atoms with Gasteiger partial charge >= 0.3 is 11.9 Å². The van der Waals surface area contributed by atoms with Crippen molar-refractivity contribution < 1.29 is 19.1 Å². The van der Waals surface area contributed by atoms with Crippen molar-refractivity contribution in [1.29, 1.82) is 0 Å². The number of carbonyl (C=O) groups excluding carboxylic acids is 2. The molecule has 0 aliphatic heterocycles. The summed E-state index contributed by atoms with van der Waals surface area (Å²) in [7, 11) is 0. The lowest BCUT2D eigenvalue weighted by Gasteiger charge is -2.12. The van der Waals surface area contributed by atoms with Crippen molar-refractivity contribution in [2.75, 3.05) is 0 Å². The first-order valence-corrected chi connectivity index (χ1v) is 11.9. The van der Waals surface area contributed by atoms with Gasteiger partial charge in [-0.1, -0.05) is 24.3 Å². The number of carbonyl (C=O) groups is 2. The van der Waals surface area contributed by atoms with Crippen molar-refractivity contribution >= 4 is 11.9 Å². The van der Waals surface area contributed by atoms with Crippen molar-refractivity contribution in [2.45, 2.75) is 41.5 Å². The summed E-state index contributed by atoms with van der Waals surface area (Å²) in [6, 6.07) is 22.5. The summed E-state index contributed by atoms with van der Waals surface area (Å²) in [6.45, 7) is 11.8. The Labute approximate surface area is 212 Å². The zero-order chi connectivity index (χ0) is 26.0. The molecule has 4 nitrogen and oxygen atoms in total. The fraction of sp³-hybridized carbons (Fsp3) is 0.188. The van der Waals surface area contributed by atoms with Crippen LogP contribution in [0, 0.1) is 41.5 Å². The van der Waals surface area contributed by atoms with Crippen LogP contribution in [-0.2, 0) is 0 Å². The van der Waals surface area contributed by atoms with Crippen LogP contribution in [0.2, 0.25) is 0 Å². The van der Waals surface area contributed by atoms with Gasteiger partial charge in [0.1, 0.15) is 11.5 Å². The van der Waals surface area contributed by atoms with E-state index in [2.05, 4.69) is 0 Å². The molecular formula is C32H30O4. The maximum atomic E-state index is 12.6. The molecule has 4 aromatic carbocycles. The van der Waals surface area contributed by atoms with Gasteiger partial charge in [0.05, 0.1) is 11.1 Å². The van der Waals surface area contributed by atoms with E-state index in [0.717, 1.165) is 44.5 Å². The molecule has 36 heavy (non-hydrogen) atoms. The number of ether oxygens (including phenoxy) is 2. The summed E-state index contributed by atoms with van der Waals surface area (Å²) in [5, 5.41) is 0. The van der Waals surface area contributed by atoms with Crippen LogP contribution >= 0.6 is 0 Å². The summed E-state index contributed by atoms with van der Waals surface area (Å²) in [5.41, 5.74) is 9.10. The van der Waals surface area contributed by atoms with E-state index in [1.807, 2.05) is 102 Å². The molecule has 182 valence electrons. The molecule has 0 aliphatic carbocycles. The fourth-order valence-electron chi connectivity index (χ4n) is 3.94. The fourth-order valence-corrected chi connectivity index (χ4v) is 3.94. The van der Waals surface area contributed by atoms with Crippen molar-refractivity contribution in [3.8, 4) is 22.6 Å². The zero-order valence-corrected chi connectivity index (χ0v) is 21.6. The van der Waals surface area contributed by atoms with Gasteiger partial charge in [-0.15, -0.1) is 0 Å². The Bertz CT molecular complexity index is 1370. The highest BCUT2D eigenvalue weighted by Crippen LogP contribution is 2.30. The SMILES string of the molecule is Cc1ccc(C(=O)Oc2ccc(-c3ccc(OC(=O)c4ccc(C)c(C)c4)c(C)c3)cc2C)cc1C. The average Bonchev–Trinajstić information content (AvgIpc) is 2.84. The van der Waals surface area contributed by atoms with Gasteiger partial charge in [-0.25, -0.2) is 9.59 Å². The molecule has 0 saturated carbocycles. The third kappa shape index (κ3) is 5.38. The van der Waals surface area contributed by atoms with Gasteiger partial charge < -0.3 is 9.47 Å². The molecule has 0 saturated heterocycles. The Kier molecular flexibility index (Phi) is 7.07. The predicted octanol–water partition coefficient (Wildman–Crippen LogP) is 7.64. The molecule has 0 aromatic heterocycles. The normalized spacial score (nSPS) is 10.7. The first-order chi connectivity index (χ1) is 17.1. The molecule has 0 atom stereocenters. The molecule has 0 N–H and O–H groups in total. The number of esters is 2. The highest BCUT2D eigenvalue weighted by molar-refractivity contribution is 5.92. The Morgan fingerprint density at radius 3 is 1.17 bits per heavy atom. The second-order valence-electron chi connectivity index (χ2n) is 9.34. The van der Waals surface area contributed by atoms with Crippen LogP contribution < -0.4 is 9.47 Å². The van der Waals surface area contributed by atoms with Gasteiger partial charge in [0.25, 0.3) is 0 Å². The third-order valence-corrected chi connectivity index (χ3v) is 6.57. The molecule has 0 bridgehead atoms. The van der Waals surface area contributed by atoms with E-state index in [9.17, 15) is 9.59 Å². The zero-order valence-electron chi connectivity index (χ0n) is 21.6. The standard InChI is InChI=1S/C32H30O4/c1-19-7-9-27(15-21(19)3)31(33)35-29-13-11-25(17-23(29)5)26-12-14-30(24(6)18-26)36-32(34)28-10-8-20(2)22(4)16-28/h7-18H,1-6H3. The van der Waals surface area contributed by atoms with Gasteiger partial charge in [0, 0.05) is 0 Å². The van der Waals surface area contributed by atoms with Gasteiger partial charge in [0.15, 0.2) is 0 Å². The average molecular weight is 479 g/mol. The topological polar surface area (TPSA) is 52.6 Å². The molecule has 4 heteroatoms. The lowest BCUT2D eigenvalue weighted by Crippen LogP contribution is -2.10. The lowest BCUT2D eigenvalue weighted by molar-refractivity contribution is 0.0724. The highest BCUT2D eigenvalue weighted by atomic mass is 16.5. The summed E-state index contributed by atoms with van der Waals surface area (Å²) < 4.78 is 11.3. The predicted molar refractivity (Wildman–Crippen MR) is 143 cm³/mol. The Morgan fingerprint density at radius 2 is 0.833 bits per heavy atom. The minimum atomic E-state index is -0.375. The van der Waals surface area contributed by atoms with Crippen LogP contribution in [0.15, 0.2) is 72.8 Å². The number of benzene rings is 4. The monoisotopic (exact) mass is 478 g/mol. The van der Waals surface area contributed by atoms with Gasteiger partial charge in [-0.2, -0.15) is 0 Å². The van der Waals surface area contributed by atoms with Crippen LogP contribution in [-0.4, -0.2) is 11.9 Å². The molecule has 0 aliphatic rings. The summed E-state index contributed by atoms with van der Waals surface area (Å²) in [5.74, 6) is 0.301. The Balaban J connectivity index is 1.49. The summed E-state index contributed by atoms with van der Waals surface area (Å²) in [6.07, 6.45) is 0. The van der Waals surface area contributed by atoms with E-state index in [1.54, 1.807) is 12.1 Å². The number of rotatable bonds is 5. The van der Waals surface area contributed by atoms with E-state index < -0.39 is 0 Å². The lowest BCUT2D eigenvalue weighted by atomic mass is 10.0. The first kappa shape index (κ1) is 24.9. The van der Waals surface area contributed by atoms with Crippen molar-refractivity contribution in [3.05, 3.63) is 117 Å². The Hall–Kier alpha value is -4.18. The van der Waals surface area contributed by atoms with E-state index in [1.165, 1.54) is 0 Å². The van der Waals surface area contributed by atoms with Crippen LogP contribution in [0.25, 0.3) is 11.1 Å². The van der Waals surface area contributed by atoms with Gasteiger partial charge in [0.2, 0.25) is 0 Å². The Morgan fingerprint density at radius 1 is 0.444 bits per heavy atom. The second kappa shape index (κ2) is 10.2. The molecule has 0 radical (unpaired) electrons. The van der Waals surface area contributed by atoms with Gasteiger partial charge in [-0.3, -0.25) is 0 Å². The number of aryl methyl sites for hydroxylation is 6. The minimum Gasteiger partial charge on any atom is -0.423 e. The van der Waals surface area contributed by atoms with E-state index in [-0.39, 0.29) is 11.9 Å². The molecule has 0 amide bonds. The smallest absolute Gasteiger partial charge is 0.343 e. The number of hydrogen-bond acceptors (Lipinski definition) is 4. The molecule has 0 fully saturated rings. The third-order valence-electron chi connectivity index (χ3n) is 6.57. The highest BCUT2D eigenvalue weighted by Gasteiger charge is 2.14. The van der Waals surface area contributed by atoms with Crippen molar-refractivity contribution in [2.24, 2.45) is 0 Å². The summed E-state index contributed by atoms with van der Waals surface area (Å²) in [4.78, 5) is 25.3. The molecule has 0 heterocycles. The molecule has 4 rings (SSSR count). The molecular weight excluding hydrogens is 448 g/mol. The van der Waals surface area contributed by atoms with Crippen molar-refractivity contribution in [3.63, 3.8) is 0 Å². The van der Waals surface area contributed by atoms with Crippen LogP contribution in [0.5, 0.6) is 11.5 Å². The second-order valence-corrected chi connectivity index (χ2v) is 9.34. The van der Waals surface area contributed by atoms with E-state index in [0.29, 0.717) is 22.6 Å². The maximum absolute atomic E-state index is 12.6. The molecule has 4 aromatic rings. The van der Waals surface area contributed by atoms with Gasteiger partial charge in [-0.05, 0) is 135 Å². The van der Waals surface area contributed by atoms with Crippen LogP contribution in [0.4, 0.5) is 0 Å². The quantitative estimate of drug-likeness (QED) is 0.218. The first-order valence-electron chi connectivity index (χ1n) is 11.9. The van der Waals surface area contributed by atoms with E-state index >= 15 is 0 Å². The minimum absolute atomic E-state index is 0.375. The summed E-state index contributed by atoms with van der Waals surface area (Å²) >= 11 is 0. The molecule has 0 spiro atoms. The molecule has 0 unspecified atom stereocenters. The van der Waals surface area contributed by atoms with Crippen LogP contribution in [0.1, 0.15) is 54.1 Å². The van der Waals surface area contributed by atoms with Crippen molar-refractivity contribution in [1.82, 2.24) is 0 Å². The van der Waals surface area contributed by atoms with Crippen LogP contribution in [0.3, 0.4) is 0 Å². The maximum Gasteiger partial charge on any atom is 0.343 e. The largest absolute Gasteiger partial charge is 0.423 e. The van der Waals surface area contributed by atoms with E-state index in [4.69, 9.17) is 9.47 Å².